The van der Waals surface area contributed by atoms with Crippen LogP contribution in [0.5, 0.6) is 0 Å². The molecule has 1 fully saturated rings. The Morgan fingerprint density at radius 3 is 2.60 bits per heavy atom. The van der Waals surface area contributed by atoms with Gasteiger partial charge in [-0.05, 0) is 45.2 Å². The van der Waals surface area contributed by atoms with E-state index >= 15 is 0 Å². The fourth-order valence-electron chi connectivity index (χ4n) is 2.43. The fourth-order valence-corrected chi connectivity index (χ4v) is 2.43. The van der Waals surface area contributed by atoms with E-state index in [1.807, 2.05) is 6.92 Å². The Kier molecular flexibility index (Phi) is 7.03. The minimum atomic E-state index is -0.134. The lowest BCUT2D eigenvalue weighted by Crippen LogP contribution is -2.21. The Morgan fingerprint density at radius 2 is 1.93 bits per heavy atom. The van der Waals surface area contributed by atoms with E-state index in [9.17, 15) is 0 Å². The molecule has 0 spiro atoms. The summed E-state index contributed by atoms with van der Waals surface area (Å²) in [4.78, 5) is 0. The van der Waals surface area contributed by atoms with Crippen LogP contribution < -0.4 is 5.32 Å². The number of aliphatic hydroxyl groups excluding tert-OH is 1. The first kappa shape index (κ1) is 13.0. The largest absolute Gasteiger partial charge is 0.393 e. The molecule has 1 unspecified atom stereocenters. The molecule has 0 saturated heterocycles. The summed E-state index contributed by atoms with van der Waals surface area (Å²) >= 11 is 0. The standard InChI is InChI=1S/C13H27NO/c1-12(15)6-5-10-14-11-9-13-7-3-2-4-8-13/h12-15H,2-11H2,1H3. The highest BCUT2D eigenvalue weighted by molar-refractivity contribution is 4.66. The molecule has 0 heterocycles. The van der Waals surface area contributed by atoms with E-state index in [0.29, 0.717) is 0 Å². The SMILES string of the molecule is CC(O)CCCNCCC1CCCCC1. The molecule has 0 amide bonds. The molecule has 90 valence electrons. The molecular weight excluding hydrogens is 186 g/mol. The van der Waals surface area contributed by atoms with Gasteiger partial charge in [0.15, 0.2) is 0 Å². The first-order valence-electron chi connectivity index (χ1n) is 6.68. The summed E-state index contributed by atoms with van der Waals surface area (Å²) < 4.78 is 0. The summed E-state index contributed by atoms with van der Waals surface area (Å²) in [6.07, 6.45) is 10.5. The van der Waals surface area contributed by atoms with E-state index in [2.05, 4.69) is 5.32 Å². The van der Waals surface area contributed by atoms with Crippen molar-refractivity contribution in [2.45, 2.75) is 64.4 Å². The van der Waals surface area contributed by atoms with Crippen LogP contribution in [0, 0.1) is 5.92 Å². The second-order valence-corrected chi connectivity index (χ2v) is 5.03. The first-order chi connectivity index (χ1) is 7.29. The third-order valence-electron chi connectivity index (χ3n) is 3.43. The Morgan fingerprint density at radius 1 is 1.20 bits per heavy atom. The van der Waals surface area contributed by atoms with Crippen LogP contribution >= 0.6 is 0 Å². The molecule has 0 aromatic heterocycles. The van der Waals surface area contributed by atoms with Crippen LogP contribution in [0.25, 0.3) is 0 Å². The second-order valence-electron chi connectivity index (χ2n) is 5.03. The number of hydrogen-bond donors (Lipinski definition) is 2. The van der Waals surface area contributed by atoms with Crippen molar-refractivity contribution in [2.24, 2.45) is 5.92 Å². The smallest absolute Gasteiger partial charge is 0.0512 e. The maximum absolute atomic E-state index is 9.08. The van der Waals surface area contributed by atoms with Gasteiger partial charge in [0.25, 0.3) is 0 Å². The lowest BCUT2D eigenvalue weighted by atomic mass is 9.87. The number of nitrogens with one attached hydrogen (secondary N) is 1. The van der Waals surface area contributed by atoms with Gasteiger partial charge in [-0.15, -0.1) is 0 Å². The van der Waals surface area contributed by atoms with Gasteiger partial charge in [-0.1, -0.05) is 32.1 Å². The topological polar surface area (TPSA) is 32.3 Å². The normalized spacial score (nSPS) is 20.4. The lowest BCUT2D eigenvalue weighted by molar-refractivity contribution is 0.181. The summed E-state index contributed by atoms with van der Waals surface area (Å²) in [6, 6.07) is 0. The fraction of sp³-hybridized carbons (Fsp3) is 1.00. The molecule has 1 atom stereocenters. The minimum absolute atomic E-state index is 0.134. The molecule has 1 rings (SSSR count). The van der Waals surface area contributed by atoms with E-state index in [4.69, 9.17) is 5.11 Å². The van der Waals surface area contributed by atoms with E-state index in [0.717, 1.165) is 25.3 Å². The van der Waals surface area contributed by atoms with Gasteiger partial charge in [0.1, 0.15) is 0 Å². The molecule has 2 nitrogen and oxygen atoms in total. The molecule has 1 saturated carbocycles. The van der Waals surface area contributed by atoms with Gasteiger partial charge in [0, 0.05) is 0 Å². The second kappa shape index (κ2) is 8.12. The van der Waals surface area contributed by atoms with Crippen molar-refractivity contribution >= 4 is 0 Å². The molecule has 0 bridgehead atoms. The Balaban J connectivity index is 1.83. The monoisotopic (exact) mass is 213 g/mol. The summed E-state index contributed by atoms with van der Waals surface area (Å²) in [6.45, 7) is 4.10. The number of aliphatic hydroxyl groups is 1. The van der Waals surface area contributed by atoms with Crippen LogP contribution in [0.4, 0.5) is 0 Å². The third-order valence-corrected chi connectivity index (χ3v) is 3.43. The highest BCUT2D eigenvalue weighted by Gasteiger charge is 2.12. The predicted molar refractivity (Wildman–Crippen MR) is 65.0 cm³/mol. The maximum atomic E-state index is 9.08. The van der Waals surface area contributed by atoms with Gasteiger partial charge in [0.2, 0.25) is 0 Å². The Bertz CT molecular complexity index is 141. The van der Waals surface area contributed by atoms with E-state index in [1.54, 1.807) is 0 Å². The summed E-state index contributed by atoms with van der Waals surface area (Å²) in [5.74, 6) is 0.989. The van der Waals surface area contributed by atoms with E-state index < -0.39 is 0 Å². The van der Waals surface area contributed by atoms with Crippen molar-refractivity contribution in [3.05, 3.63) is 0 Å². The lowest BCUT2D eigenvalue weighted by Gasteiger charge is -2.21. The van der Waals surface area contributed by atoms with Crippen LogP contribution in [-0.4, -0.2) is 24.3 Å². The number of rotatable bonds is 7. The maximum Gasteiger partial charge on any atom is 0.0512 e. The van der Waals surface area contributed by atoms with Gasteiger partial charge in [-0.3, -0.25) is 0 Å². The van der Waals surface area contributed by atoms with Crippen molar-refractivity contribution < 1.29 is 5.11 Å². The van der Waals surface area contributed by atoms with Crippen molar-refractivity contribution in [3.8, 4) is 0 Å². The minimum Gasteiger partial charge on any atom is -0.393 e. The zero-order valence-corrected chi connectivity index (χ0v) is 10.2. The summed E-state index contributed by atoms with van der Waals surface area (Å²) in [7, 11) is 0. The van der Waals surface area contributed by atoms with Crippen molar-refractivity contribution in [2.75, 3.05) is 13.1 Å². The van der Waals surface area contributed by atoms with Crippen LogP contribution in [0.2, 0.25) is 0 Å². The van der Waals surface area contributed by atoms with Gasteiger partial charge < -0.3 is 10.4 Å². The zero-order chi connectivity index (χ0) is 10.9. The molecule has 2 heteroatoms. The van der Waals surface area contributed by atoms with Gasteiger partial charge >= 0.3 is 0 Å². The van der Waals surface area contributed by atoms with Crippen LogP contribution in [0.15, 0.2) is 0 Å². The highest BCUT2D eigenvalue weighted by Crippen LogP contribution is 2.25. The third kappa shape index (κ3) is 6.91. The van der Waals surface area contributed by atoms with Crippen LogP contribution in [0.3, 0.4) is 0 Å². The molecule has 2 N–H and O–H groups in total. The average molecular weight is 213 g/mol. The molecule has 1 aliphatic rings. The molecular formula is C13H27NO. The zero-order valence-electron chi connectivity index (χ0n) is 10.2. The molecule has 1 aliphatic carbocycles. The van der Waals surface area contributed by atoms with Crippen LogP contribution in [0.1, 0.15) is 58.3 Å². The average Bonchev–Trinajstić information content (AvgIpc) is 2.24. The van der Waals surface area contributed by atoms with Crippen molar-refractivity contribution in [1.82, 2.24) is 5.32 Å². The van der Waals surface area contributed by atoms with Gasteiger partial charge in [0.05, 0.1) is 6.10 Å². The summed E-state index contributed by atoms with van der Waals surface area (Å²) in [5.41, 5.74) is 0. The predicted octanol–water partition coefficient (Wildman–Crippen LogP) is 2.71. The van der Waals surface area contributed by atoms with Crippen molar-refractivity contribution in [3.63, 3.8) is 0 Å². The molecule has 0 radical (unpaired) electrons. The van der Waals surface area contributed by atoms with Gasteiger partial charge in [-0.25, -0.2) is 0 Å². The molecule has 0 aliphatic heterocycles. The highest BCUT2D eigenvalue weighted by atomic mass is 16.3. The molecule has 15 heavy (non-hydrogen) atoms. The van der Waals surface area contributed by atoms with Gasteiger partial charge in [-0.2, -0.15) is 0 Å². The molecule has 0 aromatic carbocycles. The summed E-state index contributed by atoms with van der Waals surface area (Å²) in [5, 5.41) is 12.6. The quantitative estimate of drug-likeness (QED) is 0.637. The molecule has 0 aromatic rings. The Hall–Kier alpha value is -0.0800. The number of hydrogen-bond acceptors (Lipinski definition) is 2. The van der Waals surface area contributed by atoms with Crippen molar-refractivity contribution in [1.29, 1.82) is 0 Å². The first-order valence-corrected chi connectivity index (χ1v) is 6.68. The van der Waals surface area contributed by atoms with E-state index in [-0.39, 0.29) is 6.10 Å². The van der Waals surface area contributed by atoms with E-state index in [1.165, 1.54) is 45.1 Å². The Labute approximate surface area is 94.5 Å². The van der Waals surface area contributed by atoms with Crippen LogP contribution in [-0.2, 0) is 0 Å².